The minimum Gasteiger partial charge on any atom is -1.00 e. The zero-order chi connectivity index (χ0) is 6.00. The largest absolute Gasteiger partial charge is 1.00 e. The topological polar surface area (TPSA) is 0 Å². The van der Waals surface area contributed by atoms with Crippen LogP contribution in [-0.2, 0) is 0 Å². The van der Waals surface area contributed by atoms with Crippen molar-refractivity contribution >= 4 is 24.4 Å². The summed E-state index contributed by atoms with van der Waals surface area (Å²) in [5.74, 6) is 0. The standard InChI is InChI=1S/3C2H5.2BrH.Sb/c3*1-2;;;/h3*1H2,2H3;2*1H;/p-2. The maximum absolute atomic E-state index is 3.25. The van der Waals surface area contributed by atoms with Gasteiger partial charge in [0.05, 0.1) is 0 Å². The molecule has 0 bridgehead atoms. The monoisotopic (exact) mass is 366 g/mol. The Morgan fingerprint density at radius 2 is 0.556 bits per heavy atom. The van der Waals surface area contributed by atoms with Crippen LogP contribution in [0.25, 0.3) is 0 Å². The average Bonchev–Trinajstić information content (AvgIpc) is 1.81. The Hall–Kier alpha value is 1.78. The molecule has 0 nitrogen and oxygen atoms in total. The van der Waals surface area contributed by atoms with Gasteiger partial charge in [0, 0.05) is 24.4 Å². The third kappa shape index (κ3) is 187. The summed E-state index contributed by atoms with van der Waals surface area (Å²) in [5, 5.41) is 0. The maximum Gasteiger partial charge on any atom is 0 e. The van der Waals surface area contributed by atoms with Crippen LogP contribution in [0.3, 0.4) is 0 Å². The van der Waals surface area contributed by atoms with Crippen molar-refractivity contribution in [3.8, 4) is 0 Å². The molecule has 0 aliphatic carbocycles. The molecule has 9 heavy (non-hydrogen) atoms. The van der Waals surface area contributed by atoms with Gasteiger partial charge in [-0.2, -0.15) is 0 Å². The van der Waals surface area contributed by atoms with Gasteiger partial charge in [0.1, 0.15) is 0 Å². The third-order valence-corrected chi connectivity index (χ3v) is 0. The van der Waals surface area contributed by atoms with Gasteiger partial charge in [0.25, 0.3) is 0 Å². The van der Waals surface area contributed by atoms with Crippen molar-refractivity contribution in [2.24, 2.45) is 0 Å². The molecule has 0 atom stereocenters. The van der Waals surface area contributed by atoms with Crippen LogP contribution in [0.15, 0.2) is 0 Å². The van der Waals surface area contributed by atoms with Gasteiger partial charge in [-0.15, -0.1) is 0 Å². The van der Waals surface area contributed by atoms with E-state index in [1.165, 1.54) is 0 Å². The molecule has 60 valence electrons. The van der Waals surface area contributed by atoms with Crippen LogP contribution < -0.4 is 34.0 Å². The van der Waals surface area contributed by atoms with E-state index in [4.69, 9.17) is 0 Å². The summed E-state index contributed by atoms with van der Waals surface area (Å²) in [6, 6.07) is 0. The fourth-order valence-electron chi connectivity index (χ4n) is 0. The Balaban J connectivity index is -0.00000000321. The molecule has 0 heterocycles. The van der Waals surface area contributed by atoms with Crippen LogP contribution in [0.1, 0.15) is 20.8 Å². The Labute approximate surface area is 99.2 Å². The van der Waals surface area contributed by atoms with E-state index in [-0.39, 0.29) is 58.4 Å². The summed E-state index contributed by atoms with van der Waals surface area (Å²) in [5.41, 5.74) is 0. The first kappa shape index (κ1) is 45.1. The van der Waals surface area contributed by atoms with Crippen molar-refractivity contribution in [3.63, 3.8) is 0 Å². The minimum absolute atomic E-state index is 0. The number of rotatable bonds is 0. The normalized spacial score (nSPS) is 2.00. The summed E-state index contributed by atoms with van der Waals surface area (Å²) in [6.45, 7) is 15.0. The van der Waals surface area contributed by atoms with Crippen LogP contribution in [0.4, 0.5) is 0 Å². The van der Waals surface area contributed by atoms with Gasteiger partial charge in [-0.25, -0.2) is 0 Å². The van der Waals surface area contributed by atoms with Gasteiger partial charge in [0.15, 0.2) is 0 Å². The first-order valence-corrected chi connectivity index (χ1v) is 2.12. The van der Waals surface area contributed by atoms with Crippen LogP contribution in [0.2, 0.25) is 0 Å². The summed E-state index contributed by atoms with van der Waals surface area (Å²) >= 11 is 0. The van der Waals surface area contributed by atoms with Crippen LogP contribution in [0.5, 0.6) is 0 Å². The van der Waals surface area contributed by atoms with E-state index >= 15 is 0 Å². The molecule has 0 aromatic heterocycles. The van der Waals surface area contributed by atoms with Crippen LogP contribution in [-0.4, -0.2) is 24.4 Å². The quantitative estimate of drug-likeness (QED) is 0.384. The molecule has 0 saturated carbocycles. The molecule has 0 saturated heterocycles. The minimum atomic E-state index is 0. The molecular formula is C6H15Br2Sb-2. The number of halogens is 2. The van der Waals surface area contributed by atoms with Gasteiger partial charge in [-0.05, 0) is 0 Å². The fourth-order valence-corrected chi connectivity index (χ4v) is 0. The third-order valence-electron chi connectivity index (χ3n) is 0. The zero-order valence-electron chi connectivity index (χ0n) is 6.32. The van der Waals surface area contributed by atoms with Gasteiger partial charge >= 0.3 is 0 Å². The van der Waals surface area contributed by atoms with E-state index in [0.29, 0.717) is 0 Å². The molecular weight excluding hydrogens is 354 g/mol. The molecule has 0 amide bonds. The van der Waals surface area contributed by atoms with Crippen molar-refractivity contribution in [2.75, 3.05) is 0 Å². The van der Waals surface area contributed by atoms with Gasteiger partial charge in [0.2, 0.25) is 0 Å². The molecule has 0 rings (SSSR count). The first-order chi connectivity index (χ1) is 3.00. The fraction of sp³-hybridized carbons (Fsp3) is 0.500. The van der Waals surface area contributed by atoms with E-state index < -0.39 is 0 Å². The maximum atomic E-state index is 3.25. The van der Waals surface area contributed by atoms with Gasteiger partial charge in [-0.3, -0.25) is 0 Å². The average molecular weight is 369 g/mol. The van der Waals surface area contributed by atoms with E-state index in [1.807, 2.05) is 0 Å². The predicted molar refractivity (Wildman–Crippen MR) is 38.8 cm³/mol. The van der Waals surface area contributed by atoms with E-state index in [2.05, 4.69) is 20.8 Å². The van der Waals surface area contributed by atoms with Crippen molar-refractivity contribution in [3.05, 3.63) is 20.8 Å². The SMILES string of the molecule is [Br-].[Br-].[CH2]C.[CH2]C.[CH2]C.[Sb]. The molecule has 0 unspecified atom stereocenters. The van der Waals surface area contributed by atoms with Crippen molar-refractivity contribution in [2.45, 2.75) is 20.8 Å². The second-order valence-corrected chi connectivity index (χ2v) is 0. The number of hydrogen-bond acceptors (Lipinski definition) is 0. The number of hydrogen-bond donors (Lipinski definition) is 0. The van der Waals surface area contributed by atoms with Crippen molar-refractivity contribution in [1.29, 1.82) is 0 Å². The van der Waals surface area contributed by atoms with Crippen LogP contribution in [0, 0.1) is 20.8 Å². The van der Waals surface area contributed by atoms with Gasteiger partial charge < -0.3 is 34.0 Å². The van der Waals surface area contributed by atoms with E-state index in [1.54, 1.807) is 20.8 Å². The van der Waals surface area contributed by atoms with E-state index in [9.17, 15) is 0 Å². The van der Waals surface area contributed by atoms with Crippen LogP contribution >= 0.6 is 0 Å². The summed E-state index contributed by atoms with van der Waals surface area (Å²) in [6.07, 6.45) is 0. The molecule has 0 aromatic carbocycles. The summed E-state index contributed by atoms with van der Waals surface area (Å²) in [7, 11) is 0. The Morgan fingerprint density at radius 3 is 0.556 bits per heavy atom. The molecule has 6 radical (unpaired) electrons. The molecule has 0 aliphatic heterocycles. The summed E-state index contributed by atoms with van der Waals surface area (Å²) < 4.78 is 0. The predicted octanol–water partition coefficient (Wildman–Crippen LogP) is -3.85. The zero-order valence-corrected chi connectivity index (χ0v) is 12.0. The smallest absolute Gasteiger partial charge is 0 e. The Kier molecular flexibility index (Phi) is 1200. The first-order valence-electron chi connectivity index (χ1n) is 2.12. The molecule has 0 aromatic rings. The van der Waals surface area contributed by atoms with Gasteiger partial charge in [-0.1, -0.05) is 41.5 Å². The van der Waals surface area contributed by atoms with Crippen molar-refractivity contribution in [1.82, 2.24) is 0 Å². The summed E-state index contributed by atoms with van der Waals surface area (Å²) in [4.78, 5) is 0. The molecule has 0 aliphatic rings. The molecule has 3 heteroatoms. The second kappa shape index (κ2) is 238. The Morgan fingerprint density at radius 1 is 0.556 bits per heavy atom. The molecule has 0 spiro atoms. The molecule has 0 fully saturated rings. The van der Waals surface area contributed by atoms with Crippen molar-refractivity contribution < 1.29 is 34.0 Å². The second-order valence-electron chi connectivity index (χ2n) is 0. The molecule has 0 N–H and O–H groups in total. The Bertz CT molecular complexity index is 11.0. The van der Waals surface area contributed by atoms with E-state index in [0.717, 1.165) is 0 Å².